The van der Waals surface area contributed by atoms with E-state index in [-0.39, 0.29) is 5.91 Å². The standard InChI is InChI=1S/C28H31N7O2.C4H4O/c1-6-31-27(35(18-36)24-9-7-8-22(17-24)30-4)26(20(3)29)34(5)23-12-10-21(11-13-23)28(37)33-25-16-19(2)14-15-32-25;1-2-3-4-5/h6-18,30H,1,29H2,2-5H3,(H,32,33,37);4H,1H3/b26-20-,31-27?;. The molecule has 0 saturated heterocycles. The molecular formula is C32H35N7O3. The minimum atomic E-state index is -0.275. The number of benzene rings is 2. The number of hydrogen-bond acceptors (Lipinski definition) is 8. The zero-order valence-corrected chi connectivity index (χ0v) is 24.4. The van der Waals surface area contributed by atoms with Gasteiger partial charge in [-0.1, -0.05) is 18.6 Å². The van der Waals surface area contributed by atoms with Crippen LogP contribution in [0.3, 0.4) is 0 Å². The number of likely N-dealkylation sites (N-methyl/N-ethyl adjacent to an activating group) is 1. The number of nitrogens with zero attached hydrogens (tertiary/aromatic N) is 4. The summed E-state index contributed by atoms with van der Waals surface area (Å²) in [6.45, 7) is 9.00. The number of nitrogens with two attached hydrogens (primary N) is 1. The Balaban J connectivity index is 0.00000113. The number of aromatic nitrogens is 1. The fraction of sp³-hybridized carbons (Fsp3) is 0.156. The van der Waals surface area contributed by atoms with E-state index in [1.165, 1.54) is 11.1 Å². The molecule has 3 aromatic rings. The second-order valence-corrected chi connectivity index (χ2v) is 8.73. The fourth-order valence-electron chi connectivity index (χ4n) is 3.78. The third-order valence-corrected chi connectivity index (χ3v) is 5.76. The molecule has 0 aliphatic rings. The van der Waals surface area contributed by atoms with Gasteiger partial charge in [-0.05, 0) is 86.9 Å². The number of carbonyl (C=O) groups is 3. The molecule has 1 heterocycles. The highest BCUT2D eigenvalue weighted by Gasteiger charge is 2.23. The maximum absolute atomic E-state index is 12.7. The third-order valence-electron chi connectivity index (χ3n) is 5.76. The van der Waals surface area contributed by atoms with Crippen LogP contribution in [0, 0.1) is 18.8 Å². The molecule has 216 valence electrons. The fourth-order valence-corrected chi connectivity index (χ4v) is 3.78. The van der Waals surface area contributed by atoms with Crippen LogP contribution in [0.2, 0.25) is 0 Å². The second kappa shape index (κ2) is 16.4. The Kier molecular flexibility index (Phi) is 12.7. The van der Waals surface area contributed by atoms with E-state index in [2.05, 4.69) is 39.0 Å². The largest absolute Gasteiger partial charge is 0.400 e. The van der Waals surface area contributed by atoms with Crippen LogP contribution in [0.4, 0.5) is 22.9 Å². The van der Waals surface area contributed by atoms with Gasteiger partial charge in [0.2, 0.25) is 6.41 Å². The number of aldehydes is 1. The number of nitrogens with one attached hydrogen (secondary N) is 2. The normalized spacial score (nSPS) is 10.8. The molecule has 0 fully saturated rings. The molecule has 0 aliphatic heterocycles. The lowest BCUT2D eigenvalue weighted by Gasteiger charge is -2.29. The lowest BCUT2D eigenvalue weighted by molar-refractivity contribution is -0.106. The summed E-state index contributed by atoms with van der Waals surface area (Å²) in [5.74, 6) is 5.09. The molecular weight excluding hydrogens is 530 g/mol. The Bertz CT molecular complexity index is 1530. The average molecular weight is 566 g/mol. The highest BCUT2D eigenvalue weighted by atomic mass is 16.2. The monoisotopic (exact) mass is 565 g/mol. The summed E-state index contributed by atoms with van der Waals surface area (Å²) in [6.07, 6.45) is 4.25. The number of aryl methyl sites for hydroxylation is 1. The van der Waals surface area contributed by atoms with Crippen molar-refractivity contribution < 1.29 is 14.4 Å². The van der Waals surface area contributed by atoms with E-state index in [4.69, 9.17) is 5.73 Å². The molecule has 0 bridgehead atoms. The Morgan fingerprint density at radius 3 is 2.33 bits per heavy atom. The molecule has 10 heteroatoms. The Morgan fingerprint density at radius 1 is 1.10 bits per heavy atom. The quantitative estimate of drug-likeness (QED) is 0.148. The number of amides is 2. The zero-order chi connectivity index (χ0) is 31.1. The van der Waals surface area contributed by atoms with Crippen LogP contribution in [0.25, 0.3) is 0 Å². The number of hydrogen-bond donors (Lipinski definition) is 3. The van der Waals surface area contributed by atoms with E-state index >= 15 is 0 Å². The van der Waals surface area contributed by atoms with Crippen LogP contribution in [0.15, 0.2) is 96.0 Å². The van der Waals surface area contributed by atoms with Gasteiger partial charge >= 0.3 is 0 Å². The Morgan fingerprint density at radius 2 is 1.81 bits per heavy atom. The molecule has 2 aromatic carbocycles. The van der Waals surface area contributed by atoms with Crippen LogP contribution in [-0.4, -0.2) is 43.5 Å². The maximum atomic E-state index is 12.7. The van der Waals surface area contributed by atoms with Crippen LogP contribution in [0.5, 0.6) is 0 Å². The van der Waals surface area contributed by atoms with E-state index in [9.17, 15) is 14.4 Å². The Labute approximate surface area is 246 Å². The number of aliphatic imine (C=N–C) groups is 1. The van der Waals surface area contributed by atoms with E-state index in [0.717, 1.165) is 16.9 Å². The third kappa shape index (κ3) is 8.93. The SMILES string of the molecule is C=CN=C(/C(=C(\C)N)N(C)c1ccc(C(=O)Nc2cc(C)ccn2)cc1)N(C=O)c1cccc(NC)c1.CC#CC=O. The van der Waals surface area contributed by atoms with E-state index < -0.39 is 0 Å². The number of allylic oxidation sites excluding steroid dienone is 1. The predicted molar refractivity (Wildman–Crippen MR) is 170 cm³/mol. The molecule has 4 N–H and O–H groups in total. The highest BCUT2D eigenvalue weighted by molar-refractivity contribution is 6.20. The summed E-state index contributed by atoms with van der Waals surface area (Å²) in [6, 6.07) is 18.0. The van der Waals surface area contributed by atoms with Crippen LogP contribution >= 0.6 is 0 Å². The van der Waals surface area contributed by atoms with E-state index in [0.29, 0.717) is 47.0 Å². The van der Waals surface area contributed by atoms with Crippen molar-refractivity contribution in [3.8, 4) is 11.8 Å². The van der Waals surface area contributed by atoms with E-state index in [1.54, 1.807) is 68.4 Å². The van der Waals surface area contributed by atoms with Gasteiger partial charge in [-0.2, -0.15) is 0 Å². The zero-order valence-electron chi connectivity index (χ0n) is 24.4. The maximum Gasteiger partial charge on any atom is 0.256 e. The van der Waals surface area contributed by atoms with Crippen molar-refractivity contribution in [3.63, 3.8) is 0 Å². The van der Waals surface area contributed by atoms with Gasteiger partial charge in [-0.15, -0.1) is 0 Å². The lowest BCUT2D eigenvalue weighted by Crippen LogP contribution is -2.38. The number of amidine groups is 1. The number of anilines is 4. The van der Waals surface area contributed by atoms with Crippen molar-refractivity contribution in [2.24, 2.45) is 10.7 Å². The van der Waals surface area contributed by atoms with Gasteiger partial charge in [0.05, 0.1) is 5.69 Å². The summed E-state index contributed by atoms with van der Waals surface area (Å²) < 4.78 is 0. The van der Waals surface area contributed by atoms with Gasteiger partial charge in [0.15, 0.2) is 12.1 Å². The molecule has 3 rings (SSSR count). The molecule has 0 saturated carbocycles. The van der Waals surface area contributed by atoms with Gasteiger partial charge in [0, 0.05) is 49.1 Å². The molecule has 0 radical (unpaired) electrons. The number of pyridine rings is 1. The average Bonchev–Trinajstić information content (AvgIpc) is 2.98. The predicted octanol–water partition coefficient (Wildman–Crippen LogP) is 4.72. The lowest BCUT2D eigenvalue weighted by atomic mass is 10.1. The minimum Gasteiger partial charge on any atom is -0.400 e. The highest BCUT2D eigenvalue weighted by Crippen LogP contribution is 2.26. The van der Waals surface area contributed by atoms with Crippen molar-refractivity contribution in [1.82, 2.24) is 4.98 Å². The van der Waals surface area contributed by atoms with Crippen molar-refractivity contribution in [1.29, 1.82) is 0 Å². The van der Waals surface area contributed by atoms with Gasteiger partial charge in [0.1, 0.15) is 11.5 Å². The number of carbonyl (C=O) groups excluding carboxylic acids is 3. The second-order valence-electron chi connectivity index (χ2n) is 8.73. The summed E-state index contributed by atoms with van der Waals surface area (Å²) >= 11 is 0. The molecule has 0 spiro atoms. The van der Waals surface area contributed by atoms with Crippen molar-refractivity contribution in [2.75, 3.05) is 34.5 Å². The minimum absolute atomic E-state index is 0.275. The first-order chi connectivity index (χ1) is 20.2. The molecule has 10 nitrogen and oxygen atoms in total. The first kappa shape index (κ1) is 32.5. The molecule has 0 aliphatic carbocycles. The van der Waals surface area contributed by atoms with Crippen molar-refractivity contribution >= 4 is 47.3 Å². The van der Waals surface area contributed by atoms with Crippen molar-refractivity contribution in [2.45, 2.75) is 20.8 Å². The van der Waals surface area contributed by atoms with Crippen LogP contribution in [0.1, 0.15) is 29.8 Å². The molecule has 2 amide bonds. The van der Waals surface area contributed by atoms with Gasteiger partial charge < -0.3 is 21.3 Å². The molecule has 1 aromatic heterocycles. The smallest absolute Gasteiger partial charge is 0.256 e. The van der Waals surface area contributed by atoms with Gasteiger partial charge in [-0.25, -0.2) is 9.98 Å². The topological polar surface area (TPSA) is 133 Å². The first-order valence-corrected chi connectivity index (χ1v) is 12.8. The Hall–Kier alpha value is -5.69. The molecule has 42 heavy (non-hydrogen) atoms. The van der Waals surface area contributed by atoms with E-state index in [1.807, 2.05) is 38.2 Å². The summed E-state index contributed by atoms with van der Waals surface area (Å²) in [4.78, 5) is 46.0. The van der Waals surface area contributed by atoms with Crippen LogP contribution in [-0.2, 0) is 9.59 Å². The first-order valence-electron chi connectivity index (χ1n) is 12.8. The molecule has 0 unspecified atom stereocenters. The van der Waals surface area contributed by atoms with Gasteiger partial charge in [-0.3, -0.25) is 19.3 Å². The van der Waals surface area contributed by atoms with Crippen LogP contribution < -0.4 is 26.2 Å². The summed E-state index contributed by atoms with van der Waals surface area (Å²) in [5.41, 5.74) is 10.9. The van der Waals surface area contributed by atoms with Gasteiger partial charge in [0.25, 0.3) is 5.91 Å². The van der Waals surface area contributed by atoms with Crippen molar-refractivity contribution in [3.05, 3.63) is 102 Å². The summed E-state index contributed by atoms with van der Waals surface area (Å²) in [5, 5.41) is 5.86. The summed E-state index contributed by atoms with van der Waals surface area (Å²) in [7, 11) is 3.61. The molecule has 0 atom stereocenters. The number of rotatable bonds is 9.